The number of nitrogens with one attached hydrogen (secondary N) is 1. The lowest BCUT2D eigenvalue weighted by molar-refractivity contribution is 0.0303. The van der Waals surface area contributed by atoms with Crippen molar-refractivity contribution in [3.05, 3.63) is 64.2 Å². The highest BCUT2D eigenvalue weighted by Gasteiger charge is 2.22. The summed E-state index contributed by atoms with van der Waals surface area (Å²) in [4.78, 5) is 27.0. The summed E-state index contributed by atoms with van der Waals surface area (Å²) in [6, 6.07) is 12.2. The Balaban J connectivity index is 1.83. The average molecular weight is 359 g/mol. The van der Waals surface area contributed by atoms with E-state index in [-0.39, 0.29) is 11.8 Å². The molecule has 130 valence electrons. The number of carbonyl (C=O) groups is 2. The van der Waals surface area contributed by atoms with Gasteiger partial charge < -0.3 is 15.0 Å². The molecule has 0 bridgehead atoms. The molecule has 1 aliphatic rings. The lowest BCUT2D eigenvalue weighted by atomic mass is 10.1. The number of morpholine rings is 1. The summed E-state index contributed by atoms with van der Waals surface area (Å²) >= 11 is 6.16. The van der Waals surface area contributed by atoms with E-state index in [1.54, 1.807) is 41.3 Å². The number of ether oxygens (including phenoxy) is 1. The van der Waals surface area contributed by atoms with Crippen LogP contribution in [0.2, 0.25) is 5.02 Å². The Kier molecular flexibility index (Phi) is 5.36. The molecule has 2 amide bonds. The van der Waals surface area contributed by atoms with Crippen LogP contribution in [0.3, 0.4) is 0 Å². The van der Waals surface area contributed by atoms with E-state index in [0.717, 1.165) is 5.56 Å². The fourth-order valence-electron chi connectivity index (χ4n) is 2.71. The van der Waals surface area contributed by atoms with Crippen molar-refractivity contribution in [2.75, 3.05) is 31.6 Å². The summed E-state index contributed by atoms with van der Waals surface area (Å²) in [5.41, 5.74) is 2.28. The number of carbonyl (C=O) groups excluding carboxylic acids is 2. The normalized spacial score (nSPS) is 14.2. The Hall–Kier alpha value is -2.37. The van der Waals surface area contributed by atoms with E-state index in [1.165, 1.54) is 0 Å². The first-order valence-electron chi connectivity index (χ1n) is 8.10. The van der Waals surface area contributed by atoms with E-state index in [2.05, 4.69) is 5.32 Å². The molecule has 1 N–H and O–H groups in total. The SMILES string of the molecule is Cc1ccc(C(=O)Nc2ccccc2C(=O)N2CCOCC2)c(Cl)c1. The zero-order valence-corrected chi connectivity index (χ0v) is 14.7. The zero-order valence-electron chi connectivity index (χ0n) is 13.9. The molecule has 6 heteroatoms. The van der Waals surface area contributed by atoms with Gasteiger partial charge in [-0.25, -0.2) is 0 Å². The second-order valence-electron chi connectivity index (χ2n) is 5.89. The molecule has 0 unspecified atom stereocenters. The predicted molar refractivity (Wildman–Crippen MR) is 97.3 cm³/mol. The van der Waals surface area contributed by atoms with Gasteiger partial charge in [0.2, 0.25) is 0 Å². The molecule has 2 aromatic carbocycles. The van der Waals surface area contributed by atoms with Crippen molar-refractivity contribution in [1.82, 2.24) is 4.90 Å². The van der Waals surface area contributed by atoms with E-state index in [4.69, 9.17) is 16.3 Å². The van der Waals surface area contributed by atoms with Crippen molar-refractivity contribution in [3.63, 3.8) is 0 Å². The van der Waals surface area contributed by atoms with Crippen molar-refractivity contribution in [3.8, 4) is 0 Å². The van der Waals surface area contributed by atoms with Crippen LogP contribution >= 0.6 is 11.6 Å². The number of amides is 2. The largest absolute Gasteiger partial charge is 0.378 e. The van der Waals surface area contributed by atoms with Crippen LogP contribution in [0, 0.1) is 6.92 Å². The van der Waals surface area contributed by atoms with E-state index in [9.17, 15) is 9.59 Å². The number of hydrogen-bond donors (Lipinski definition) is 1. The van der Waals surface area contributed by atoms with Gasteiger partial charge in [0, 0.05) is 13.1 Å². The highest BCUT2D eigenvalue weighted by Crippen LogP contribution is 2.22. The maximum atomic E-state index is 12.7. The number of aryl methyl sites for hydroxylation is 1. The third kappa shape index (κ3) is 4.00. The Morgan fingerprint density at radius 3 is 2.52 bits per heavy atom. The smallest absolute Gasteiger partial charge is 0.257 e. The van der Waals surface area contributed by atoms with Gasteiger partial charge in [-0.1, -0.05) is 29.8 Å². The van der Waals surface area contributed by atoms with Crippen LogP contribution in [0.25, 0.3) is 0 Å². The summed E-state index contributed by atoms with van der Waals surface area (Å²) in [6.07, 6.45) is 0. The van der Waals surface area contributed by atoms with Crippen LogP contribution in [0.15, 0.2) is 42.5 Å². The van der Waals surface area contributed by atoms with Gasteiger partial charge in [-0.3, -0.25) is 9.59 Å². The van der Waals surface area contributed by atoms with Crippen LogP contribution in [0.5, 0.6) is 0 Å². The molecule has 2 aromatic rings. The van der Waals surface area contributed by atoms with Crippen molar-refractivity contribution in [2.45, 2.75) is 6.92 Å². The molecule has 0 spiro atoms. The van der Waals surface area contributed by atoms with Gasteiger partial charge in [0.05, 0.1) is 35.1 Å². The number of para-hydroxylation sites is 1. The quantitative estimate of drug-likeness (QED) is 0.915. The average Bonchev–Trinajstić information content (AvgIpc) is 2.62. The monoisotopic (exact) mass is 358 g/mol. The molecule has 1 saturated heterocycles. The molecule has 0 atom stereocenters. The number of nitrogens with zero attached hydrogens (tertiary/aromatic N) is 1. The van der Waals surface area contributed by atoms with Gasteiger partial charge in [-0.15, -0.1) is 0 Å². The first-order valence-corrected chi connectivity index (χ1v) is 8.47. The van der Waals surface area contributed by atoms with Gasteiger partial charge >= 0.3 is 0 Å². The van der Waals surface area contributed by atoms with Gasteiger partial charge in [0.1, 0.15) is 0 Å². The fraction of sp³-hybridized carbons (Fsp3) is 0.263. The topological polar surface area (TPSA) is 58.6 Å². The molecule has 0 aromatic heterocycles. The summed E-state index contributed by atoms with van der Waals surface area (Å²) in [5, 5.41) is 3.19. The minimum atomic E-state index is -0.341. The number of halogens is 1. The van der Waals surface area contributed by atoms with Crippen LogP contribution < -0.4 is 5.32 Å². The molecular formula is C19H19ClN2O3. The molecule has 1 aliphatic heterocycles. The van der Waals surface area contributed by atoms with E-state index in [1.807, 2.05) is 13.0 Å². The summed E-state index contributed by atoms with van der Waals surface area (Å²) in [7, 11) is 0. The van der Waals surface area contributed by atoms with Gasteiger partial charge in [-0.2, -0.15) is 0 Å². The number of rotatable bonds is 3. The molecule has 1 heterocycles. The minimum Gasteiger partial charge on any atom is -0.378 e. The maximum Gasteiger partial charge on any atom is 0.257 e. The van der Waals surface area contributed by atoms with Crippen molar-refractivity contribution in [2.24, 2.45) is 0 Å². The van der Waals surface area contributed by atoms with Crippen molar-refractivity contribution >= 4 is 29.1 Å². The van der Waals surface area contributed by atoms with Crippen LogP contribution in [0.4, 0.5) is 5.69 Å². The standard InChI is InChI=1S/C19H19ClN2O3/c1-13-6-7-14(16(20)12-13)18(23)21-17-5-3-2-4-15(17)19(24)22-8-10-25-11-9-22/h2-7,12H,8-11H2,1H3,(H,21,23). The molecule has 0 aliphatic carbocycles. The zero-order chi connectivity index (χ0) is 17.8. The highest BCUT2D eigenvalue weighted by molar-refractivity contribution is 6.34. The van der Waals surface area contributed by atoms with Gasteiger partial charge in [0.15, 0.2) is 0 Å². The van der Waals surface area contributed by atoms with Gasteiger partial charge in [-0.05, 0) is 36.8 Å². The minimum absolute atomic E-state index is 0.116. The van der Waals surface area contributed by atoms with E-state index < -0.39 is 0 Å². The molecule has 1 fully saturated rings. The summed E-state index contributed by atoms with van der Waals surface area (Å²) < 4.78 is 5.28. The van der Waals surface area contributed by atoms with Crippen LogP contribution in [0.1, 0.15) is 26.3 Å². The number of anilines is 1. The molecule has 0 radical (unpaired) electrons. The molecule has 5 nitrogen and oxygen atoms in total. The summed E-state index contributed by atoms with van der Waals surface area (Å²) in [6.45, 7) is 4.05. The summed E-state index contributed by atoms with van der Waals surface area (Å²) in [5.74, 6) is -0.457. The fourth-order valence-corrected chi connectivity index (χ4v) is 3.03. The number of benzene rings is 2. The van der Waals surface area contributed by atoms with Crippen LogP contribution in [-0.2, 0) is 4.74 Å². The number of hydrogen-bond acceptors (Lipinski definition) is 3. The molecule has 0 saturated carbocycles. The molecular weight excluding hydrogens is 340 g/mol. The first-order chi connectivity index (χ1) is 12.1. The van der Waals surface area contributed by atoms with E-state index >= 15 is 0 Å². The Labute approximate surface area is 151 Å². The molecule has 25 heavy (non-hydrogen) atoms. The third-order valence-corrected chi connectivity index (χ3v) is 4.39. The van der Waals surface area contributed by atoms with Crippen LogP contribution in [-0.4, -0.2) is 43.0 Å². The predicted octanol–water partition coefficient (Wildman–Crippen LogP) is 3.37. The van der Waals surface area contributed by atoms with Gasteiger partial charge in [0.25, 0.3) is 11.8 Å². The first kappa shape index (κ1) is 17.5. The highest BCUT2D eigenvalue weighted by atomic mass is 35.5. The Morgan fingerprint density at radius 1 is 1.08 bits per heavy atom. The van der Waals surface area contributed by atoms with E-state index in [0.29, 0.717) is 48.1 Å². The lowest BCUT2D eigenvalue weighted by Crippen LogP contribution is -2.41. The Bertz CT molecular complexity index is 801. The second kappa shape index (κ2) is 7.68. The third-order valence-electron chi connectivity index (χ3n) is 4.07. The Morgan fingerprint density at radius 2 is 1.80 bits per heavy atom. The second-order valence-corrected chi connectivity index (χ2v) is 6.29. The lowest BCUT2D eigenvalue weighted by Gasteiger charge is -2.27. The van der Waals surface area contributed by atoms with Crippen molar-refractivity contribution in [1.29, 1.82) is 0 Å². The van der Waals surface area contributed by atoms with Crippen molar-refractivity contribution < 1.29 is 14.3 Å². The maximum absolute atomic E-state index is 12.7. The molecule has 3 rings (SSSR count).